The number of aromatic nitrogens is 2. The largest absolute Gasteiger partial charge is 0.385 e. The summed E-state index contributed by atoms with van der Waals surface area (Å²) < 4.78 is 1.88. The first kappa shape index (κ1) is 18.4. The summed E-state index contributed by atoms with van der Waals surface area (Å²) in [5.41, 5.74) is 0. The van der Waals surface area contributed by atoms with Crippen LogP contribution in [0.25, 0.3) is 0 Å². The lowest BCUT2D eigenvalue weighted by molar-refractivity contribution is -0.133. The molecule has 6 heteroatoms. The zero-order valence-electron chi connectivity index (χ0n) is 15.4. The van der Waals surface area contributed by atoms with Crippen LogP contribution in [0.2, 0.25) is 0 Å². The average molecular weight is 348 g/mol. The zero-order chi connectivity index (χ0) is 17.6. The Labute approximate surface area is 150 Å². The van der Waals surface area contributed by atoms with Crippen molar-refractivity contribution >= 4 is 5.91 Å². The number of piperidine rings is 2. The maximum absolute atomic E-state index is 12.4. The summed E-state index contributed by atoms with van der Waals surface area (Å²) in [6.07, 6.45) is 10.3. The molecule has 1 amide bonds. The van der Waals surface area contributed by atoms with Gasteiger partial charge in [-0.05, 0) is 57.7 Å². The molecular weight excluding hydrogens is 316 g/mol. The molecule has 140 valence electrons. The monoisotopic (exact) mass is 348 g/mol. The summed E-state index contributed by atoms with van der Waals surface area (Å²) in [6, 6.07) is 0. The van der Waals surface area contributed by atoms with Gasteiger partial charge < -0.3 is 19.5 Å². The van der Waals surface area contributed by atoms with Gasteiger partial charge in [0.1, 0.15) is 11.9 Å². The van der Waals surface area contributed by atoms with Gasteiger partial charge in [0.2, 0.25) is 5.91 Å². The first-order chi connectivity index (χ1) is 12.1. The molecule has 2 fully saturated rings. The van der Waals surface area contributed by atoms with Crippen LogP contribution in [0.1, 0.15) is 56.9 Å². The van der Waals surface area contributed by atoms with Crippen molar-refractivity contribution < 1.29 is 9.90 Å². The van der Waals surface area contributed by atoms with Crippen LogP contribution in [-0.2, 0) is 11.8 Å². The topological polar surface area (TPSA) is 61.6 Å². The van der Waals surface area contributed by atoms with Crippen LogP contribution in [0, 0.1) is 5.92 Å². The summed E-state index contributed by atoms with van der Waals surface area (Å²) >= 11 is 0. The number of carbonyl (C=O) groups is 1. The maximum atomic E-state index is 12.4. The quantitative estimate of drug-likeness (QED) is 0.854. The molecule has 0 aliphatic carbocycles. The molecule has 3 rings (SSSR count). The van der Waals surface area contributed by atoms with E-state index in [4.69, 9.17) is 0 Å². The van der Waals surface area contributed by atoms with Gasteiger partial charge in [0.15, 0.2) is 0 Å². The second kappa shape index (κ2) is 8.81. The van der Waals surface area contributed by atoms with Crippen LogP contribution in [-0.4, -0.2) is 63.1 Å². The van der Waals surface area contributed by atoms with Crippen molar-refractivity contribution in [1.82, 2.24) is 19.4 Å². The molecule has 2 aliphatic rings. The van der Waals surface area contributed by atoms with E-state index in [-0.39, 0.29) is 11.8 Å². The Kier molecular flexibility index (Phi) is 6.48. The Hall–Kier alpha value is -1.40. The number of aliphatic hydroxyl groups excluding tert-OH is 1. The van der Waals surface area contributed by atoms with Crippen LogP contribution in [0.3, 0.4) is 0 Å². The number of aryl methyl sites for hydroxylation is 1. The third-order valence-electron chi connectivity index (χ3n) is 5.78. The van der Waals surface area contributed by atoms with Crippen molar-refractivity contribution in [3.63, 3.8) is 0 Å². The van der Waals surface area contributed by atoms with Crippen molar-refractivity contribution in [2.45, 2.75) is 51.0 Å². The van der Waals surface area contributed by atoms with E-state index in [2.05, 4.69) is 9.88 Å². The van der Waals surface area contributed by atoms with E-state index in [0.29, 0.717) is 6.42 Å². The molecule has 0 spiro atoms. The van der Waals surface area contributed by atoms with Gasteiger partial charge in [-0.25, -0.2) is 4.98 Å². The van der Waals surface area contributed by atoms with Gasteiger partial charge in [-0.15, -0.1) is 0 Å². The van der Waals surface area contributed by atoms with Gasteiger partial charge in [-0.2, -0.15) is 0 Å². The molecule has 6 nitrogen and oxygen atoms in total. The zero-order valence-corrected chi connectivity index (χ0v) is 15.4. The third kappa shape index (κ3) is 4.82. The lowest BCUT2D eigenvalue weighted by atomic mass is 9.90. The molecule has 1 unspecified atom stereocenters. The predicted octanol–water partition coefficient (Wildman–Crippen LogP) is 1.96. The number of likely N-dealkylation sites (tertiary alicyclic amines) is 2. The Morgan fingerprint density at radius 3 is 2.60 bits per heavy atom. The van der Waals surface area contributed by atoms with E-state index in [9.17, 15) is 9.90 Å². The molecule has 0 saturated carbocycles. The number of amides is 1. The van der Waals surface area contributed by atoms with E-state index in [0.717, 1.165) is 44.7 Å². The molecule has 25 heavy (non-hydrogen) atoms. The lowest BCUT2D eigenvalue weighted by Gasteiger charge is -2.34. The third-order valence-corrected chi connectivity index (χ3v) is 5.78. The highest BCUT2D eigenvalue weighted by atomic mass is 16.3. The van der Waals surface area contributed by atoms with Crippen molar-refractivity contribution in [1.29, 1.82) is 0 Å². The van der Waals surface area contributed by atoms with E-state index in [1.165, 1.54) is 32.4 Å². The minimum absolute atomic E-state index is 0.193. The first-order valence-corrected chi connectivity index (χ1v) is 9.80. The molecule has 2 aliphatic heterocycles. The fraction of sp³-hybridized carbons (Fsp3) is 0.789. The van der Waals surface area contributed by atoms with E-state index >= 15 is 0 Å². The lowest BCUT2D eigenvalue weighted by Crippen LogP contribution is -2.40. The molecule has 2 saturated heterocycles. The van der Waals surface area contributed by atoms with Crippen LogP contribution in [0.4, 0.5) is 0 Å². The number of rotatable bonds is 6. The first-order valence-electron chi connectivity index (χ1n) is 9.80. The summed E-state index contributed by atoms with van der Waals surface area (Å²) in [6.45, 7) is 4.97. The van der Waals surface area contributed by atoms with Crippen LogP contribution in [0.15, 0.2) is 12.4 Å². The Morgan fingerprint density at radius 2 is 1.96 bits per heavy atom. The summed E-state index contributed by atoms with van der Waals surface area (Å²) in [7, 11) is 1.91. The predicted molar refractivity (Wildman–Crippen MR) is 97.0 cm³/mol. The van der Waals surface area contributed by atoms with Crippen molar-refractivity contribution in [3.05, 3.63) is 18.2 Å². The van der Waals surface area contributed by atoms with Crippen LogP contribution < -0.4 is 0 Å². The Balaban J connectivity index is 1.38. The smallest absolute Gasteiger partial charge is 0.222 e. The fourth-order valence-electron chi connectivity index (χ4n) is 4.13. The molecule has 0 radical (unpaired) electrons. The number of carbonyl (C=O) groups excluding carboxylic acids is 1. The number of hydrogen-bond donors (Lipinski definition) is 1. The minimum Gasteiger partial charge on any atom is -0.385 e. The molecule has 3 heterocycles. The number of imidazole rings is 1. The fourth-order valence-corrected chi connectivity index (χ4v) is 4.13. The molecule has 1 aromatic rings. The van der Waals surface area contributed by atoms with Gasteiger partial charge in [0.05, 0.1) is 0 Å². The average Bonchev–Trinajstić information content (AvgIpc) is 3.08. The molecule has 0 aromatic carbocycles. The van der Waals surface area contributed by atoms with E-state index in [1.807, 2.05) is 22.7 Å². The molecule has 1 aromatic heterocycles. The van der Waals surface area contributed by atoms with Gasteiger partial charge in [0.25, 0.3) is 0 Å². The molecule has 1 atom stereocenters. The van der Waals surface area contributed by atoms with Crippen LogP contribution >= 0.6 is 0 Å². The van der Waals surface area contributed by atoms with Crippen LogP contribution in [0.5, 0.6) is 0 Å². The number of hydrogen-bond acceptors (Lipinski definition) is 4. The molecular formula is C19H32N4O2. The van der Waals surface area contributed by atoms with Gasteiger partial charge in [-0.3, -0.25) is 4.79 Å². The van der Waals surface area contributed by atoms with Crippen molar-refractivity contribution in [2.24, 2.45) is 13.0 Å². The van der Waals surface area contributed by atoms with Gasteiger partial charge >= 0.3 is 0 Å². The Morgan fingerprint density at radius 1 is 1.24 bits per heavy atom. The molecule has 0 bridgehead atoms. The van der Waals surface area contributed by atoms with Crippen molar-refractivity contribution in [2.75, 3.05) is 32.7 Å². The number of aliphatic hydroxyl groups is 1. The minimum atomic E-state index is -0.531. The highest BCUT2D eigenvalue weighted by Crippen LogP contribution is 2.29. The second-order valence-electron chi connectivity index (χ2n) is 7.57. The SMILES string of the molecule is Cn1ccnc1C(O)C1CCN(C(=O)CCCN2CCCCC2)CC1. The normalized spacial score (nSPS) is 21.4. The summed E-state index contributed by atoms with van der Waals surface area (Å²) in [4.78, 5) is 21.2. The van der Waals surface area contributed by atoms with Gasteiger partial charge in [0, 0.05) is 39.0 Å². The van der Waals surface area contributed by atoms with E-state index in [1.54, 1.807) is 6.20 Å². The standard InChI is InChI=1S/C19H32N4O2/c1-21-15-9-20-19(21)18(25)16-7-13-23(14-8-16)17(24)6-5-12-22-10-3-2-4-11-22/h9,15-16,18,25H,2-8,10-14H2,1H3. The maximum Gasteiger partial charge on any atom is 0.222 e. The highest BCUT2D eigenvalue weighted by Gasteiger charge is 2.29. The second-order valence-corrected chi connectivity index (χ2v) is 7.57. The summed E-state index contributed by atoms with van der Waals surface area (Å²) in [5.74, 6) is 1.20. The molecule has 1 N–H and O–H groups in total. The van der Waals surface area contributed by atoms with Crippen molar-refractivity contribution in [3.8, 4) is 0 Å². The van der Waals surface area contributed by atoms with Gasteiger partial charge in [-0.1, -0.05) is 6.42 Å². The Bertz CT molecular complexity index is 545. The highest BCUT2D eigenvalue weighted by molar-refractivity contribution is 5.76. The number of nitrogens with zero attached hydrogens (tertiary/aromatic N) is 4. The van der Waals surface area contributed by atoms with E-state index < -0.39 is 6.10 Å². The summed E-state index contributed by atoms with van der Waals surface area (Å²) in [5, 5.41) is 10.5.